The molecule has 0 radical (unpaired) electrons. The normalized spacial score (nSPS) is 14.0. The molecule has 0 saturated carbocycles. The van der Waals surface area contributed by atoms with Gasteiger partial charge in [-0.3, -0.25) is 14.7 Å². The number of hydrogen-bond acceptors (Lipinski definition) is 6. The molecule has 2 atom stereocenters. The molecule has 0 aliphatic heterocycles. The third-order valence-electron chi connectivity index (χ3n) is 6.48. The van der Waals surface area contributed by atoms with E-state index in [0.717, 1.165) is 48.8 Å². The van der Waals surface area contributed by atoms with E-state index in [0.29, 0.717) is 21.1 Å². The third kappa shape index (κ3) is 7.88. The summed E-state index contributed by atoms with van der Waals surface area (Å²) in [5.74, 6) is -12.5. The smallest absolute Gasteiger partial charge is 0.323 e. The number of rotatable bonds is 8. The fourth-order valence-electron chi connectivity index (χ4n) is 4.01. The molecule has 1 unspecified atom stereocenters. The van der Waals surface area contributed by atoms with Crippen LogP contribution in [-0.4, -0.2) is 33.3 Å². The second-order valence-corrected chi connectivity index (χ2v) is 11.1. The number of alkyl halides is 4. The van der Waals surface area contributed by atoms with Crippen LogP contribution < -0.4 is 11.5 Å². The van der Waals surface area contributed by atoms with Gasteiger partial charge in [-0.25, -0.2) is 17.6 Å². The van der Waals surface area contributed by atoms with Gasteiger partial charge < -0.3 is 21.7 Å². The predicted octanol–water partition coefficient (Wildman–Crippen LogP) is 6.91. The van der Waals surface area contributed by atoms with E-state index in [1.807, 2.05) is 0 Å². The van der Waals surface area contributed by atoms with Gasteiger partial charge in [0, 0.05) is 57.7 Å². The fourth-order valence-corrected chi connectivity index (χ4v) is 4.48. The zero-order valence-corrected chi connectivity index (χ0v) is 25.6. The van der Waals surface area contributed by atoms with E-state index >= 15 is 0 Å². The van der Waals surface area contributed by atoms with Crippen molar-refractivity contribution in [2.24, 2.45) is 11.5 Å². The van der Waals surface area contributed by atoms with Crippen LogP contribution >= 0.6 is 31.9 Å². The van der Waals surface area contributed by atoms with E-state index in [1.165, 1.54) is 12.1 Å². The van der Waals surface area contributed by atoms with Crippen molar-refractivity contribution in [2.75, 3.05) is 13.1 Å². The average Bonchev–Trinajstić information content (AvgIpc) is 2.97. The van der Waals surface area contributed by atoms with Crippen molar-refractivity contribution in [2.45, 2.75) is 30.5 Å². The summed E-state index contributed by atoms with van der Waals surface area (Å²) in [6, 6.07) is 8.38. The first kappa shape index (κ1) is 40.9. The van der Waals surface area contributed by atoms with Crippen molar-refractivity contribution < 1.29 is 50.0 Å². The number of aliphatic hydroxyl groups is 2. The monoisotopic (exact) mass is 792 g/mol. The van der Waals surface area contributed by atoms with Crippen LogP contribution in [0, 0.1) is 23.3 Å². The van der Waals surface area contributed by atoms with E-state index in [9.17, 15) is 45.3 Å². The number of aromatic nitrogens is 2. The van der Waals surface area contributed by atoms with Crippen LogP contribution in [0.1, 0.15) is 29.9 Å². The van der Waals surface area contributed by atoms with E-state index in [4.69, 9.17) is 11.5 Å². The van der Waals surface area contributed by atoms with Gasteiger partial charge in [0.05, 0.1) is 0 Å². The van der Waals surface area contributed by atoms with E-state index in [-0.39, 0.29) is 12.1 Å². The summed E-state index contributed by atoms with van der Waals surface area (Å²) in [5.41, 5.74) is 1.25. The summed E-state index contributed by atoms with van der Waals surface area (Å²) in [6.07, 6.45) is 2.22. The predicted molar refractivity (Wildman–Crippen MR) is 160 cm³/mol. The third-order valence-corrected chi connectivity index (χ3v) is 7.42. The van der Waals surface area contributed by atoms with Crippen molar-refractivity contribution in [3.05, 3.63) is 128 Å². The van der Waals surface area contributed by atoms with Gasteiger partial charge in [0.2, 0.25) is 0 Å². The van der Waals surface area contributed by atoms with Crippen LogP contribution in [0.5, 0.6) is 0 Å². The maximum absolute atomic E-state index is 14.6. The number of nitrogens with two attached hydrogens (primary N) is 2. The number of pyridine rings is 2. The molecule has 6 nitrogen and oxygen atoms in total. The molecule has 2 heterocycles. The molecular formula is C29H27Br2F9N4O2. The first-order chi connectivity index (χ1) is 20.4. The van der Waals surface area contributed by atoms with Gasteiger partial charge in [-0.05, 0) is 68.3 Å². The topological polar surface area (TPSA) is 118 Å². The van der Waals surface area contributed by atoms with Crippen LogP contribution in [0.15, 0.2) is 82.0 Å². The highest BCUT2D eigenvalue weighted by Gasteiger charge is 2.57. The minimum atomic E-state index is -3.99. The molecule has 6 N–H and O–H groups in total. The zero-order valence-electron chi connectivity index (χ0n) is 22.5. The van der Waals surface area contributed by atoms with Gasteiger partial charge in [-0.1, -0.05) is 19.6 Å². The lowest BCUT2D eigenvalue weighted by Gasteiger charge is -2.35. The van der Waals surface area contributed by atoms with Gasteiger partial charge in [0.25, 0.3) is 0 Å². The molecule has 0 aliphatic carbocycles. The maximum Gasteiger partial charge on any atom is 0.323 e. The summed E-state index contributed by atoms with van der Waals surface area (Å²) in [5, 5.41) is 20.6. The molecule has 17 heteroatoms. The largest absolute Gasteiger partial charge is 0.377 e. The number of nitrogens with zero attached hydrogens (tertiary/aromatic N) is 2. The van der Waals surface area contributed by atoms with Gasteiger partial charge in [0.1, 0.15) is 34.7 Å². The Bertz CT molecular complexity index is 1480. The quantitative estimate of drug-likeness (QED) is 0.144. The lowest BCUT2D eigenvalue weighted by molar-refractivity contribution is -0.193. The minimum absolute atomic E-state index is 0. The molecule has 0 amide bonds. The maximum atomic E-state index is 14.6. The zero-order chi connectivity index (χ0) is 33.1. The molecule has 46 heavy (non-hydrogen) atoms. The Kier molecular flexibility index (Phi) is 13.9. The molecule has 0 fully saturated rings. The van der Waals surface area contributed by atoms with Crippen molar-refractivity contribution in [3.8, 4) is 0 Å². The second kappa shape index (κ2) is 15.7. The Morgan fingerprint density at radius 2 is 0.935 bits per heavy atom. The molecule has 252 valence electrons. The van der Waals surface area contributed by atoms with Crippen LogP contribution in [0.2, 0.25) is 0 Å². The second-order valence-electron chi connectivity index (χ2n) is 9.25. The first-order valence-corrected chi connectivity index (χ1v) is 13.8. The standard InChI is InChI=1S/2C14H11BrF4N2O.CH4.FH/c2*15-8-1-4-12(21-6-8)14(18,19)13(22,7-20)10-3-2-9(16)5-11(10)17;;/h2*1-6,22H,7,20H2;1H4;1H/t13-;;;/m0.../s1. The lowest BCUT2D eigenvalue weighted by atomic mass is 9.85. The SMILES string of the molecule is C.F.NCC(O)(c1ccc(F)cc1F)C(F)(F)c1ccc(Br)cn1.NC[C@](O)(c1ccc(F)cc1F)C(F)(F)c1ccc(Br)cn1. The summed E-state index contributed by atoms with van der Waals surface area (Å²) >= 11 is 6.10. The van der Waals surface area contributed by atoms with Gasteiger partial charge in [-0.2, -0.15) is 17.6 Å². The van der Waals surface area contributed by atoms with Crippen molar-refractivity contribution in [1.29, 1.82) is 0 Å². The summed E-state index contributed by atoms with van der Waals surface area (Å²) in [7, 11) is 0. The fraction of sp³-hybridized carbons (Fsp3) is 0.241. The number of halogens is 11. The number of hydrogen-bond donors (Lipinski definition) is 4. The van der Waals surface area contributed by atoms with E-state index in [1.54, 1.807) is 0 Å². The van der Waals surface area contributed by atoms with Crippen LogP contribution in [0.4, 0.5) is 39.8 Å². The van der Waals surface area contributed by atoms with E-state index < -0.39 is 81.9 Å². The molecule has 0 aliphatic rings. The van der Waals surface area contributed by atoms with Crippen molar-refractivity contribution in [3.63, 3.8) is 0 Å². The minimum Gasteiger partial charge on any atom is -0.377 e. The van der Waals surface area contributed by atoms with Gasteiger partial charge in [0.15, 0.2) is 11.2 Å². The van der Waals surface area contributed by atoms with E-state index in [2.05, 4.69) is 41.8 Å². The highest BCUT2D eigenvalue weighted by molar-refractivity contribution is 9.10. The van der Waals surface area contributed by atoms with Crippen LogP contribution in [0.3, 0.4) is 0 Å². The Hall–Kier alpha value is -3.09. The van der Waals surface area contributed by atoms with Crippen molar-refractivity contribution in [1.82, 2.24) is 9.97 Å². The highest BCUT2D eigenvalue weighted by atomic mass is 79.9. The van der Waals surface area contributed by atoms with Gasteiger partial charge in [-0.15, -0.1) is 0 Å². The summed E-state index contributed by atoms with van der Waals surface area (Å²) < 4.78 is 113. The molecule has 0 bridgehead atoms. The molecule has 0 spiro atoms. The average molecular weight is 794 g/mol. The number of benzene rings is 2. The van der Waals surface area contributed by atoms with Gasteiger partial charge >= 0.3 is 11.8 Å². The Morgan fingerprint density at radius 3 is 1.17 bits per heavy atom. The summed E-state index contributed by atoms with van der Waals surface area (Å²) in [4.78, 5) is 7.06. The lowest BCUT2D eigenvalue weighted by Crippen LogP contribution is -2.50. The van der Waals surface area contributed by atoms with Crippen LogP contribution in [0.25, 0.3) is 0 Å². The molecular weight excluding hydrogens is 767 g/mol. The molecule has 0 saturated heterocycles. The summed E-state index contributed by atoms with van der Waals surface area (Å²) in [6.45, 7) is -1.97. The molecule has 2 aromatic heterocycles. The first-order valence-electron chi connectivity index (χ1n) is 12.2. The van der Waals surface area contributed by atoms with Crippen molar-refractivity contribution >= 4 is 31.9 Å². The highest BCUT2D eigenvalue weighted by Crippen LogP contribution is 2.46. The Morgan fingerprint density at radius 1 is 0.609 bits per heavy atom. The van der Waals surface area contributed by atoms with Crippen LogP contribution in [-0.2, 0) is 23.0 Å². The molecule has 4 aromatic rings. The molecule has 4 rings (SSSR count). The Labute approximate surface area is 274 Å². The Balaban J connectivity index is 0.000000441. The molecule has 2 aromatic carbocycles.